The van der Waals surface area contributed by atoms with Gasteiger partial charge in [-0.1, -0.05) is 0 Å². The number of hydrogen-bond acceptors (Lipinski definition) is 6. The summed E-state index contributed by atoms with van der Waals surface area (Å²) in [6.45, 7) is 3.30. The van der Waals surface area contributed by atoms with Crippen molar-refractivity contribution in [3.05, 3.63) is 29.1 Å². The van der Waals surface area contributed by atoms with Gasteiger partial charge in [-0.3, -0.25) is 4.79 Å². The summed E-state index contributed by atoms with van der Waals surface area (Å²) in [5, 5.41) is 0.902. The van der Waals surface area contributed by atoms with Gasteiger partial charge in [-0.15, -0.1) is 11.3 Å². The summed E-state index contributed by atoms with van der Waals surface area (Å²) < 4.78 is 10.8. The molecule has 1 heterocycles. The van der Waals surface area contributed by atoms with Crippen LogP contribution in [-0.4, -0.2) is 25.7 Å². The summed E-state index contributed by atoms with van der Waals surface area (Å²) in [7, 11) is 1.31. The average Bonchev–Trinajstić information content (AvgIpc) is 2.86. The lowest BCUT2D eigenvalue weighted by Gasteiger charge is -2.20. The highest BCUT2D eigenvalue weighted by Crippen LogP contribution is 2.28. The normalized spacial score (nSPS) is 11.4. The van der Waals surface area contributed by atoms with E-state index in [2.05, 4.69) is 4.74 Å². The van der Waals surface area contributed by atoms with E-state index in [1.54, 1.807) is 32.0 Å². The molecule has 6 heteroatoms. The quantitative estimate of drug-likeness (QED) is 0.694. The van der Waals surface area contributed by atoms with Crippen LogP contribution >= 0.6 is 11.3 Å². The van der Waals surface area contributed by atoms with Gasteiger partial charge in [0.1, 0.15) is 11.5 Å². The molecule has 2 rings (SSSR count). The Morgan fingerprint density at radius 1 is 1.29 bits per heavy atom. The molecule has 1 aromatic heterocycles. The molecular weight excluding hydrogens is 290 g/mol. The van der Waals surface area contributed by atoms with Gasteiger partial charge in [0.15, 0.2) is 0 Å². The van der Waals surface area contributed by atoms with Crippen molar-refractivity contribution < 1.29 is 19.1 Å². The van der Waals surface area contributed by atoms with E-state index >= 15 is 0 Å². The van der Waals surface area contributed by atoms with Crippen LogP contribution in [0.4, 0.5) is 5.69 Å². The van der Waals surface area contributed by atoms with Crippen molar-refractivity contribution in [3.8, 4) is 0 Å². The number of anilines is 1. The number of ether oxygens (including phenoxy) is 2. The van der Waals surface area contributed by atoms with E-state index in [0.717, 1.165) is 10.1 Å². The largest absolute Gasteiger partial charge is 0.469 e. The third-order valence-electron chi connectivity index (χ3n) is 3.04. The van der Waals surface area contributed by atoms with Crippen LogP contribution in [0.3, 0.4) is 0 Å². The van der Waals surface area contributed by atoms with Crippen LogP contribution in [0.25, 0.3) is 10.1 Å². The van der Waals surface area contributed by atoms with Gasteiger partial charge in [-0.2, -0.15) is 0 Å². The van der Waals surface area contributed by atoms with Crippen molar-refractivity contribution in [1.82, 2.24) is 0 Å². The van der Waals surface area contributed by atoms with Crippen molar-refractivity contribution in [1.29, 1.82) is 0 Å². The fraction of sp³-hybridized carbons (Fsp3) is 0.333. The zero-order valence-electron chi connectivity index (χ0n) is 12.1. The molecule has 0 unspecified atom stereocenters. The van der Waals surface area contributed by atoms with E-state index in [1.807, 2.05) is 6.07 Å². The Morgan fingerprint density at radius 2 is 2.00 bits per heavy atom. The van der Waals surface area contributed by atoms with E-state index in [0.29, 0.717) is 10.6 Å². The lowest BCUT2D eigenvalue weighted by Crippen LogP contribution is -2.31. The van der Waals surface area contributed by atoms with E-state index in [-0.39, 0.29) is 6.61 Å². The van der Waals surface area contributed by atoms with Crippen LogP contribution in [0.5, 0.6) is 0 Å². The van der Waals surface area contributed by atoms with Gasteiger partial charge in [0.25, 0.3) is 0 Å². The van der Waals surface area contributed by atoms with Crippen LogP contribution in [0.2, 0.25) is 0 Å². The maximum absolute atomic E-state index is 12.1. The number of esters is 2. The lowest BCUT2D eigenvalue weighted by molar-refractivity contribution is -0.152. The van der Waals surface area contributed by atoms with Crippen LogP contribution in [0.1, 0.15) is 23.5 Å². The molecule has 112 valence electrons. The van der Waals surface area contributed by atoms with Crippen molar-refractivity contribution in [3.63, 3.8) is 0 Å². The summed E-state index contributed by atoms with van der Waals surface area (Å²) in [6, 6.07) is 7.20. The first kappa shape index (κ1) is 15.3. The second-order valence-electron chi connectivity index (χ2n) is 5.36. The topological polar surface area (TPSA) is 78.6 Å². The Bertz CT molecular complexity index is 690. The van der Waals surface area contributed by atoms with Crippen LogP contribution in [0.15, 0.2) is 24.3 Å². The molecule has 2 aromatic rings. The molecule has 0 amide bonds. The zero-order chi connectivity index (χ0) is 15.6. The number of methoxy groups -OCH3 is 1. The minimum atomic E-state index is -0.870. The van der Waals surface area contributed by atoms with Gasteiger partial charge in [0, 0.05) is 10.4 Å². The van der Waals surface area contributed by atoms with Gasteiger partial charge in [0.05, 0.1) is 12.5 Å². The van der Waals surface area contributed by atoms with Crippen molar-refractivity contribution >= 4 is 39.0 Å². The molecule has 2 N–H and O–H groups in total. The predicted octanol–water partition coefficient (Wildman–Crippen LogP) is 2.84. The molecular formula is C15H17NO4S. The number of hydrogen-bond donors (Lipinski definition) is 1. The van der Waals surface area contributed by atoms with Crippen molar-refractivity contribution in [2.24, 2.45) is 5.41 Å². The third kappa shape index (κ3) is 3.33. The Balaban J connectivity index is 2.10. The van der Waals surface area contributed by atoms with E-state index in [1.165, 1.54) is 18.4 Å². The number of carbonyl (C=O) groups is 2. The first-order valence-electron chi connectivity index (χ1n) is 6.38. The Hall–Kier alpha value is -2.08. The highest BCUT2D eigenvalue weighted by Gasteiger charge is 2.31. The number of carbonyl (C=O) groups excluding carboxylic acids is 2. The summed E-state index contributed by atoms with van der Waals surface area (Å²) in [5.74, 6) is -0.869. The molecule has 1 aromatic carbocycles. The monoisotopic (exact) mass is 307 g/mol. The second-order valence-corrected chi connectivity index (χ2v) is 6.44. The summed E-state index contributed by atoms with van der Waals surface area (Å²) in [6.07, 6.45) is 0. The standard InChI is InChI=1S/C15H17NO4S/c1-15(2,14(18)19-3)8-20-13(17)12-7-9-6-10(16)4-5-11(9)21-12/h4-7H,8,16H2,1-3H3. The Kier molecular flexibility index (Phi) is 4.18. The van der Waals surface area contributed by atoms with Gasteiger partial charge < -0.3 is 15.2 Å². The highest BCUT2D eigenvalue weighted by atomic mass is 32.1. The van der Waals surface area contributed by atoms with E-state index in [4.69, 9.17) is 10.5 Å². The predicted molar refractivity (Wildman–Crippen MR) is 82.3 cm³/mol. The zero-order valence-corrected chi connectivity index (χ0v) is 13.0. The minimum absolute atomic E-state index is 0.0328. The van der Waals surface area contributed by atoms with E-state index in [9.17, 15) is 9.59 Å². The molecule has 21 heavy (non-hydrogen) atoms. The lowest BCUT2D eigenvalue weighted by atomic mass is 9.95. The first-order chi connectivity index (χ1) is 9.83. The maximum atomic E-state index is 12.1. The van der Waals surface area contributed by atoms with E-state index < -0.39 is 17.4 Å². The average molecular weight is 307 g/mol. The van der Waals surface area contributed by atoms with Crippen LogP contribution < -0.4 is 5.73 Å². The molecule has 0 aliphatic heterocycles. The summed E-state index contributed by atoms with van der Waals surface area (Å²) in [4.78, 5) is 24.1. The molecule has 5 nitrogen and oxygen atoms in total. The number of nitrogens with two attached hydrogens (primary N) is 1. The molecule has 0 radical (unpaired) electrons. The van der Waals surface area contributed by atoms with Crippen LogP contribution in [0, 0.1) is 5.41 Å². The van der Waals surface area contributed by atoms with Gasteiger partial charge in [-0.25, -0.2) is 4.79 Å². The van der Waals surface area contributed by atoms with Gasteiger partial charge in [-0.05, 0) is 43.5 Å². The number of thiophene rings is 1. The van der Waals surface area contributed by atoms with Crippen molar-refractivity contribution in [2.45, 2.75) is 13.8 Å². The molecule has 0 atom stereocenters. The molecule has 0 bridgehead atoms. The number of nitrogen functional groups attached to an aromatic ring is 1. The minimum Gasteiger partial charge on any atom is -0.469 e. The Labute approximate surface area is 126 Å². The van der Waals surface area contributed by atoms with Gasteiger partial charge >= 0.3 is 11.9 Å². The third-order valence-corrected chi connectivity index (χ3v) is 4.14. The number of benzene rings is 1. The Morgan fingerprint density at radius 3 is 2.67 bits per heavy atom. The molecule has 0 saturated heterocycles. The number of rotatable bonds is 4. The molecule has 0 saturated carbocycles. The number of fused-ring (bicyclic) bond motifs is 1. The maximum Gasteiger partial charge on any atom is 0.348 e. The SMILES string of the molecule is COC(=O)C(C)(C)COC(=O)c1cc2cc(N)ccc2s1. The fourth-order valence-corrected chi connectivity index (χ4v) is 2.75. The highest BCUT2D eigenvalue weighted by molar-refractivity contribution is 7.20. The van der Waals surface area contributed by atoms with Crippen molar-refractivity contribution in [2.75, 3.05) is 19.5 Å². The summed E-state index contributed by atoms with van der Waals surface area (Å²) >= 11 is 1.33. The molecule has 0 spiro atoms. The molecule has 0 aliphatic carbocycles. The summed E-state index contributed by atoms with van der Waals surface area (Å²) in [5.41, 5.74) is 5.49. The molecule has 0 fully saturated rings. The first-order valence-corrected chi connectivity index (χ1v) is 7.20. The van der Waals surface area contributed by atoms with Gasteiger partial charge in [0.2, 0.25) is 0 Å². The molecule has 0 aliphatic rings. The smallest absolute Gasteiger partial charge is 0.348 e. The second kappa shape index (κ2) is 5.73. The fourth-order valence-electron chi connectivity index (χ4n) is 1.81. The van der Waals surface area contributed by atoms with Crippen LogP contribution in [-0.2, 0) is 14.3 Å².